The molecule has 2 rings (SSSR count). The number of methoxy groups -OCH3 is 1. The fourth-order valence-corrected chi connectivity index (χ4v) is 1.99. The highest BCUT2D eigenvalue weighted by Crippen LogP contribution is 2.27. The van der Waals surface area contributed by atoms with Crippen molar-refractivity contribution in [3.8, 4) is 5.75 Å². The fourth-order valence-electron chi connectivity index (χ4n) is 1.32. The van der Waals surface area contributed by atoms with Crippen molar-refractivity contribution in [2.75, 3.05) is 7.11 Å². The number of halogens is 1. The Balaban J connectivity index is 2.38. The Morgan fingerprint density at radius 3 is 2.76 bits per heavy atom. The van der Waals surface area contributed by atoms with E-state index in [1.165, 1.54) is 31.4 Å². The van der Waals surface area contributed by atoms with Gasteiger partial charge in [0.05, 0.1) is 12.0 Å². The van der Waals surface area contributed by atoms with Gasteiger partial charge in [0.2, 0.25) is 0 Å². The van der Waals surface area contributed by atoms with Crippen LogP contribution < -0.4 is 10.1 Å². The number of ether oxygens (including phenoxy) is 1. The van der Waals surface area contributed by atoms with E-state index in [-0.39, 0.29) is 10.5 Å². The summed E-state index contributed by atoms with van der Waals surface area (Å²) in [4.78, 5) is 22.4. The average molecular weight is 253 g/mol. The van der Waals surface area contributed by atoms with Crippen molar-refractivity contribution in [3.05, 3.63) is 34.5 Å². The molecule has 4 nitrogen and oxygen atoms in total. The van der Waals surface area contributed by atoms with E-state index in [1.54, 1.807) is 0 Å². The van der Waals surface area contributed by atoms with Crippen LogP contribution in [0, 0.1) is 5.82 Å². The zero-order chi connectivity index (χ0) is 12.4. The van der Waals surface area contributed by atoms with Crippen LogP contribution >= 0.6 is 11.8 Å². The summed E-state index contributed by atoms with van der Waals surface area (Å²) in [5.74, 6) is -0.513. The Morgan fingerprint density at radius 1 is 1.41 bits per heavy atom. The van der Waals surface area contributed by atoms with Gasteiger partial charge >= 0.3 is 0 Å². The average Bonchev–Trinajstić information content (AvgIpc) is 2.60. The van der Waals surface area contributed by atoms with Crippen LogP contribution in [0.5, 0.6) is 5.75 Å². The van der Waals surface area contributed by atoms with Crippen molar-refractivity contribution in [2.24, 2.45) is 0 Å². The van der Waals surface area contributed by atoms with Crippen LogP contribution in [0.25, 0.3) is 6.08 Å². The molecular weight excluding hydrogens is 245 g/mol. The maximum Gasteiger partial charge on any atom is 0.290 e. The minimum absolute atomic E-state index is 0.169. The fraction of sp³-hybridized carbons (Fsp3) is 0.0909. The van der Waals surface area contributed by atoms with Gasteiger partial charge in [0, 0.05) is 5.56 Å². The lowest BCUT2D eigenvalue weighted by atomic mass is 10.2. The van der Waals surface area contributed by atoms with Gasteiger partial charge < -0.3 is 4.74 Å². The van der Waals surface area contributed by atoms with Crippen molar-refractivity contribution in [1.29, 1.82) is 0 Å². The zero-order valence-electron chi connectivity index (χ0n) is 8.82. The van der Waals surface area contributed by atoms with Gasteiger partial charge in [-0.15, -0.1) is 0 Å². The molecule has 0 radical (unpaired) electrons. The van der Waals surface area contributed by atoms with Crippen LogP contribution in [0.1, 0.15) is 5.56 Å². The van der Waals surface area contributed by atoms with E-state index < -0.39 is 17.0 Å². The molecule has 0 unspecified atom stereocenters. The Labute approximate surface area is 101 Å². The largest absolute Gasteiger partial charge is 0.497 e. The molecule has 0 aromatic heterocycles. The molecular formula is C11H8FNO3S. The first kappa shape index (κ1) is 11.7. The normalized spacial score (nSPS) is 17.4. The number of amides is 2. The number of carbonyl (C=O) groups is 2. The van der Waals surface area contributed by atoms with Gasteiger partial charge in [-0.05, 0) is 36.0 Å². The summed E-state index contributed by atoms with van der Waals surface area (Å²) in [7, 11) is 1.46. The van der Waals surface area contributed by atoms with E-state index in [0.717, 1.165) is 11.8 Å². The molecule has 0 saturated carbocycles. The van der Waals surface area contributed by atoms with Crippen LogP contribution in [-0.4, -0.2) is 18.3 Å². The first-order valence-corrected chi connectivity index (χ1v) is 5.50. The molecule has 88 valence electrons. The molecule has 1 aliphatic heterocycles. The lowest BCUT2D eigenvalue weighted by Crippen LogP contribution is -2.17. The van der Waals surface area contributed by atoms with E-state index in [4.69, 9.17) is 4.74 Å². The molecule has 0 bridgehead atoms. The van der Waals surface area contributed by atoms with E-state index in [9.17, 15) is 14.0 Å². The molecule has 17 heavy (non-hydrogen) atoms. The molecule has 0 aliphatic carbocycles. The third kappa shape index (κ3) is 2.47. The summed E-state index contributed by atoms with van der Waals surface area (Å²) < 4.78 is 18.4. The Bertz CT molecular complexity index is 527. The van der Waals surface area contributed by atoms with Gasteiger partial charge in [0.15, 0.2) is 0 Å². The summed E-state index contributed by atoms with van der Waals surface area (Å²) in [5, 5.41) is 1.64. The van der Waals surface area contributed by atoms with Gasteiger partial charge in [-0.1, -0.05) is 0 Å². The number of hydrogen-bond donors (Lipinski definition) is 1. The highest BCUT2D eigenvalue weighted by atomic mass is 32.2. The molecule has 1 aliphatic rings. The number of carbonyl (C=O) groups excluding carboxylic acids is 2. The third-order valence-electron chi connectivity index (χ3n) is 2.13. The number of rotatable bonds is 2. The first-order valence-electron chi connectivity index (χ1n) is 4.68. The van der Waals surface area contributed by atoms with Gasteiger partial charge in [0.1, 0.15) is 11.6 Å². The molecule has 6 heteroatoms. The topological polar surface area (TPSA) is 55.4 Å². The quantitative estimate of drug-likeness (QED) is 0.820. The maximum absolute atomic E-state index is 13.5. The van der Waals surface area contributed by atoms with Gasteiger partial charge in [0.25, 0.3) is 11.1 Å². The molecule has 2 amide bonds. The van der Waals surface area contributed by atoms with Crippen molar-refractivity contribution >= 4 is 29.0 Å². The van der Waals surface area contributed by atoms with Crippen LogP contribution in [0.4, 0.5) is 9.18 Å². The second kappa shape index (κ2) is 4.58. The smallest absolute Gasteiger partial charge is 0.290 e. The van der Waals surface area contributed by atoms with Crippen molar-refractivity contribution in [1.82, 2.24) is 5.32 Å². The van der Waals surface area contributed by atoms with Crippen molar-refractivity contribution in [2.45, 2.75) is 0 Å². The minimum atomic E-state index is -0.512. The summed E-state index contributed by atoms with van der Waals surface area (Å²) in [5.41, 5.74) is 0.205. The van der Waals surface area contributed by atoms with Gasteiger partial charge in [-0.25, -0.2) is 4.39 Å². The molecule has 1 heterocycles. The molecule has 1 aromatic rings. The first-order chi connectivity index (χ1) is 8.10. The monoisotopic (exact) mass is 253 g/mol. The maximum atomic E-state index is 13.5. The van der Waals surface area contributed by atoms with E-state index >= 15 is 0 Å². The number of imide groups is 1. The minimum Gasteiger partial charge on any atom is -0.497 e. The summed E-state index contributed by atoms with van der Waals surface area (Å²) in [6, 6.07) is 4.17. The van der Waals surface area contributed by atoms with Crippen molar-refractivity contribution in [3.63, 3.8) is 0 Å². The molecule has 1 saturated heterocycles. The zero-order valence-corrected chi connectivity index (χ0v) is 9.64. The van der Waals surface area contributed by atoms with Crippen LogP contribution in [0.3, 0.4) is 0 Å². The lowest BCUT2D eigenvalue weighted by molar-refractivity contribution is -0.115. The number of hydrogen-bond acceptors (Lipinski definition) is 4. The van der Waals surface area contributed by atoms with Crippen LogP contribution in [-0.2, 0) is 4.79 Å². The number of nitrogens with one attached hydrogen (secondary N) is 1. The van der Waals surface area contributed by atoms with Crippen LogP contribution in [0.2, 0.25) is 0 Å². The number of benzene rings is 1. The van der Waals surface area contributed by atoms with Crippen molar-refractivity contribution < 1.29 is 18.7 Å². The van der Waals surface area contributed by atoms with E-state index in [0.29, 0.717) is 5.75 Å². The lowest BCUT2D eigenvalue weighted by Gasteiger charge is -2.02. The Kier molecular flexibility index (Phi) is 3.14. The molecule has 0 spiro atoms. The highest BCUT2D eigenvalue weighted by molar-refractivity contribution is 8.18. The second-order valence-electron chi connectivity index (χ2n) is 3.24. The predicted molar refractivity (Wildman–Crippen MR) is 62.1 cm³/mol. The predicted octanol–water partition coefficient (Wildman–Crippen LogP) is 2.16. The Hall–Kier alpha value is -1.82. The van der Waals surface area contributed by atoms with Gasteiger partial charge in [-0.3, -0.25) is 14.9 Å². The van der Waals surface area contributed by atoms with Crippen LogP contribution in [0.15, 0.2) is 23.1 Å². The standard InChI is InChI=1S/C11H8FNO3S/c1-16-7-2-3-8(12)6(4-7)5-9-10(14)13-11(15)17-9/h2-5H,1H3,(H,13,14,15). The van der Waals surface area contributed by atoms with E-state index in [1.807, 2.05) is 0 Å². The molecule has 1 N–H and O–H groups in total. The third-order valence-corrected chi connectivity index (χ3v) is 2.94. The summed E-state index contributed by atoms with van der Waals surface area (Å²) in [6.45, 7) is 0. The van der Waals surface area contributed by atoms with Gasteiger partial charge in [-0.2, -0.15) is 0 Å². The van der Waals surface area contributed by atoms with E-state index in [2.05, 4.69) is 5.32 Å². The number of thioether (sulfide) groups is 1. The second-order valence-corrected chi connectivity index (χ2v) is 4.25. The Morgan fingerprint density at radius 2 is 2.18 bits per heavy atom. The highest BCUT2D eigenvalue weighted by Gasteiger charge is 2.25. The molecule has 1 fully saturated rings. The molecule has 1 aromatic carbocycles. The SMILES string of the molecule is COc1ccc(F)c(C=C2SC(=O)NC2=O)c1. The molecule has 0 atom stereocenters. The summed E-state index contributed by atoms with van der Waals surface area (Å²) in [6.07, 6.45) is 1.32. The summed E-state index contributed by atoms with van der Waals surface area (Å²) >= 11 is 0.745.